The third-order valence-corrected chi connectivity index (χ3v) is 6.60. The molecule has 0 amide bonds. The number of halogens is 1. The van der Waals surface area contributed by atoms with E-state index in [9.17, 15) is 4.79 Å². The van der Waals surface area contributed by atoms with Gasteiger partial charge in [0.05, 0.1) is 15.2 Å². The Kier molecular flexibility index (Phi) is 6.86. The topological polar surface area (TPSA) is 33.2 Å². The zero-order valence-electron chi connectivity index (χ0n) is 16.4. The van der Waals surface area contributed by atoms with Crippen molar-refractivity contribution in [2.45, 2.75) is 39.2 Å². The number of hydrogen-bond acceptors (Lipinski definition) is 4. The summed E-state index contributed by atoms with van der Waals surface area (Å²) in [7, 11) is 0. The van der Waals surface area contributed by atoms with Crippen LogP contribution in [0.3, 0.4) is 0 Å². The monoisotopic (exact) mass is 414 g/mol. The van der Waals surface area contributed by atoms with E-state index in [1.807, 2.05) is 6.92 Å². The molecule has 1 aromatic heterocycles. The summed E-state index contributed by atoms with van der Waals surface area (Å²) in [6.07, 6.45) is 2.16. The van der Waals surface area contributed by atoms with Crippen molar-refractivity contribution >= 4 is 39.7 Å². The van der Waals surface area contributed by atoms with Crippen molar-refractivity contribution in [1.82, 2.24) is 9.88 Å². The first-order chi connectivity index (χ1) is 13.1. The summed E-state index contributed by atoms with van der Waals surface area (Å²) in [5, 5.41) is 1.08. The number of aryl methyl sites for hydroxylation is 1. The molecule has 2 heterocycles. The fraction of sp³-hybridized carbons (Fsp3) is 0.391. The lowest BCUT2D eigenvalue weighted by molar-refractivity contribution is -0.120. The zero-order valence-corrected chi connectivity index (χ0v) is 18.1. The molecule has 3 aromatic rings. The lowest BCUT2D eigenvalue weighted by Gasteiger charge is -2.35. The first kappa shape index (κ1) is 21.0. The van der Waals surface area contributed by atoms with Crippen LogP contribution in [0.2, 0.25) is 0 Å². The largest absolute Gasteiger partial charge is 0.299 e. The van der Waals surface area contributed by atoms with E-state index in [2.05, 4.69) is 58.4 Å². The average molecular weight is 415 g/mol. The van der Waals surface area contributed by atoms with Gasteiger partial charge in [-0.2, -0.15) is 0 Å². The maximum absolute atomic E-state index is 12.5. The second-order valence-corrected chi connectivity index (χ2v) is 8.88. The Hall–Kier alpha value is -1.75. The van der Waals surface area contributed by atoms with Crippen LogP contribution in [-0.4, -0.2) is 28.8 Å². The van der Waals surface area contributed by atoms with E-state index in [0.29, 0.717) is 5.92 Å². The summed E-state index contributed by atoms with van der Waals surface area (Å²) >= 11 is 1.71. The van der Waals surface area contributed by atoms with Crippen LogP contribution in [-0.2, 0) is 11.3 Å². The van der Waals surface area contributed by atoms with Gasteiger partial charge in [0.25, 0.3) is 0 Å². The Morgan fingerprint density at radius 3 is 2.57 bits per heavy atom. The fourth-order valence-electron chi connectivity index (χ4n) is 4.37. The van der Waals surface area contributed by atoms with Crippen molar-refractivity contribution < 1.29 is 4.79 Å². The predicted molar refractivity (Wildman–Crippen MR) is 119 cm³/mol. The number of piperidine rings is 1. The number of carbonyl (C=O) groups is 1. The molecule has 28 heavy (non-hydrogen) atoms. The standard InChI is InChI=1S/C23H26N2OS.ClH/c1-16(26)23(20-8-9-21-22(14-20)27-17(2)24-21)19-10-12-25(13-11-19)15-18-6-4-3-5-7-18;/h3-9,14,19,23H,10-13,15H2,1-2H3;1H. The lowest BCUT2D eigenvalue weighted by Crippen LogP contribution is -2.36. The highest BCUT2D eigenvalue weighted by atomic mass is 35.5. The number of nitrogens with zero attached hydrogens (tertiary/aromatic N) is 2. The third kappa shape index (κ3) is 4.62. The van der Waals surface area contributed by atoms with Crippen LogP contribution in [0.15, 0.2) is 48.5 Å². The molecule has 5 heteroatoms. The molecule has 0 spiro atoms. The van der Waals surface area contributed by atoms with Crippen molar-refractivity contribution in [2.75, 3.05) is 13.1 Å². The molecular formula is C23H27ClN2OS. The molecule has 1 saturated heterocycles. The van der Waals surface area contributed by atoms with E-state index in [1.165, 1.54) is 15.8 Å². The minimum absolute atomic E-state index is 0. The number of fused-ring (bicyclic) bond motifs is 1. The van der Waals surface area contributed by atoms with E-state index in [1.54, 1.807) is 18.3 Å². The molecule has 0 aliphatic carbocycles. The van der Waals surface area contributed by atoms with Crippen molar-refractivity contribution in [2.24, 2.45) is 5.92 Å². The van der Waals surface area contributed by atoms with Crippen LogP contribution >= 0.6 is 23.7 Å². The van der Waals surface area contributed by atoms with Crippen LogP contribution < -0.4 is 0 Å². The van der Waals surface area contributed by atoms with Crippen molar-refractivity contribution in [3.05, 3.63) is 64.7 Å². The summed E-state index contributed by atoms with van der Waals surface area (Å²) in [5.41, 5.74) is 3.58. The summed E-state index contributed by atoms with van der Waals surface area (Å²) in [6, 6.07) is 17.0. The van der Waals surface area contributed by atoms with E-state index >= 15 is 0 Å². The molecule has 0 saturated carbocycles. The van der Waals surface area contributed by atoms with Gasteiger partial charge in [-0.05, 0) is 69.0 Å². The normalized spacial score (nSPS) is 16.6. The number of benzene rings is 2. The zero-order chi connectivity index (χ0) is 18.8. The highest BCUT2D eigenvalue weighted by Crippen LogP contribution is 2.36. The van der Waals surface area contributed by atoms with Crippen LogP contribution in [0.1, 0.15) is 41.8 Å². The number of thiazole rings is 1. The molecule has 4 rings (SSSR count). The fourth-order valence-corrected chi connectivity index (χ4v) is 5.25. The van der Waals surface area contributed by atoms with E-state index < -0.39 is 0 Å². The molecule has 1 fully saturated rings. The predicted octanol–water partition coefficient (Wildman–Crippen LogP) is 5.61. The van der Waals surface area contributed by atoms with Gasteiger partial charge in [0.1, 0.15) is 5.78 Å². The van der Waals surface area contributed by atoms with Crippen LogP contribution in [0.25, 0.3) is 10.2 Å². The van der Waals surface area contributed by atoms with Crippen LogP contribution in [0.4, 0.5) is 0 Å². The Balaban J connectivity index is 0.00000225. The van der Waals surface area contributed by atoms with Crippen LogP contribution in [0, 0.1) is 12.8 Å². The van der Waals surface area contributed by atoms with Gasteiger partial charge < -0.3 is 0 Å². The molecule has 0 N–H and O–H groups in total. The van der Waals surface area contributed by atoms with Gasteiger partial charge in [-0.3, -0.25) is 9.69 Å². The maximum atomic E-state index is 12.5. The molecule has 1 aliphatic heterocycles. The van der Waals surface area contributed by atoms with Crippen LogP contribution in [0.5, 0.6) is 0 Å². The van der Waals surface area contributed by atoms with E-state index in [-0.39, 0.29) is 24.1 Å². The minimum Gasteiger partial charge on any atom is -0.299 e. The quantitative estimate of drug-likeness (QED) is 0.543. The van der Waals surface area contributed by atoms with Crippen molar-refractivity contribution in [1.29, 1.82) is 0 Å². The van der Waals surface area contributed by atoms with Gasteiger partial charge in [0, 0.05) is 12.5 Å². The molecule has 3 nitrogen and oxygen atoms in total. The molecule has 1 unspecified atom stereocenters. The maximum Gasteiger partial charge on any atom is 0.137 e. The number of hydrogen-bond donors (Lipinski definition) is 0. The molecule has 148 valence electrons. The number of Topliss-reactive ketones (excluding diaryl/α,β-unsaturated/α-hetero) is 1. The van der Waals surface area contributed by atoms with E-state index in [4.69, 9.17) is 0 Å². The number of ketones is 1. The third-order valence-electron chi connectivity index (χ3n) is 5.67. The summed E-state index contributed by atoms with van der Waals surface area (Å²) in [4.78, 5) is 19.6. The number of aromatic nitrogens is 1. The van der Waals surface area contributed by atoms with E-state index in [0.717, 1.165) is 43.0 Å². The number of carbonyl (C=O) groups excluding carboxylic acids is 1. The Bertz CT molecular complexity index is 932. The van der Waals surface area contributed by atoms with Gasteiger partial charge in [0.2, 0.25) is 0 Å². The summed E-state index contributed by atoms with van der Waals surface area (Å²) < 4.78 is 1.19. The SMILES string of the molecule is CC(=O)C(c1ccc2nc(C)sc2c1)C1CCN(Cc2ccccc2)CC1.Cl. The Morgan fingerprint density at radius 2 is 1.89 bits per heavy atom. The smallest absolute Gasteiger partial charge is 0.137 e. The Labute approximate surface area is 177 Å². The summed E-state index contributed by atoms with van der Waals surface area (Å²) in [5.74, 6) is 0.730. The molecule has 0 radical (unpaired) electrons. The molecule has 1 aliphatic rings. The second kappa shape index (κ2) is 9.17. The first-order valence-electron chi connectivity index (χ1n) is 9.74. The number of likely N-dealkylation sites (tertiary alicyclic amines) is 1. The summed E-state index contributed by atoms with van der Waals surface area (Å²) in [6.45, 7) is 6.92. The molecule has 0 bridgehead atoms. The molecular weight excluding hydrogens is 388 g/mol. The first-order valence-corrected chi connectivity index (χ1v) is 10.6. The van der Waals surface area contributed by atoms with Gasteiger partial charge in [-0.1, -0.05) is 36.4 Å². The van der Waals surface area contributed by atoms with Gasteiger partial charge in [0.15, 0.2) is 0 Å². The highest BCUT2D eigenvalue weighted by molar-refractivity contribution is 7.18. The molecule has 1 atom stereocenters. The second-order valence-electron chi connectivity index (χ2n) is 7.65. The average Bonchev–Trinajstić information content (AvgIpc) is 3.03. The lowest BCUT2D eigenvalue weighted by atomic mass is 9.78. The molecule has 2 aromatic carbocycles. The Morgan fingerprint density at radius 1 is 1.18 bits per heavy atom. The van der Waals surface area contributed by atoms with Gasteiger partial charge >= 0.3 is 0 Å². The van der Waals surface area contributed by atoms with Crippen molar-refractivity contribution in [3.8, 4) is 0 Å². The van der Waals surface area contributed by atoms with Gasteiger partial charge in [-0.25, -0.2) is 4.98 Å². The number of rotatable bonds is 5. The highest BCUT2D eigenvalue weighted by Gasteiger charge is 2.31. The van der Waals surface area contributed by atoms with Gasteiger partial charge in [-0.15, -0.1) is 23.7 Å². The van der Waals surface area contributed by atoms with Crippen molar-refractivity contribution in [3.63, 3.8) is 0 Å². The minimum atomic E-state index is 0.